The Morgan fingerprint density at radius 1 is 1.28 bits per heavy atom. The molecule has 1 saturated carbocycles. The maximum absolute atomic E-state index is 13.0. The molecule has 1 aliphatic rings. The Balaban J connectivity index is 1.88. The summed E-state index contributed by atoms with van der Waals surface area (Å²) in [5, 5.41) is 3.80. The summed E-state index contributed by atoms with van der Waals surface area (Å²) in [6, 6.07) is 6.90. The largest absolute Gasteiger partial charge is 0.467 e. The second-order valence-electron chi connectivity index (χ2n) is 4.54. The molecule has 2 aromatic rings. The van der Waals surface area contributed by atoms with Crippen LogP contribution in [0.1, 0.15) is 18.6 Å². The molecule has 0 bridgehead atoms. The molecular formula is C14H13ClFNO. The summed E-state index contributed by atoms with van der Waals surface area (Å²) in [4.78, 5) is 0. The lowest BCUT2D eigenvalue weighted by molar-refractivity contribution is 0.483. The molecule has 0 unspecified atom stereocenters. The molecule has 1 aliphatic carbocycles. The number of hydrogen-bond acceptors (Lipinski definition) is 2. The van der Waals surface area contributed by atoms with Gasteiger partial charge in [0.2, 0.25) is 0 Å². The summed E-state index contributed by atoms with van der Waals surface area (Å²) in [5.41, 5.74) is 1.73. The van der Waals surface area contributed by atoms with Crippen molar-refractivity contribution in [2.45, 2.75) is 25.4 Å². The molecule has 1 heterocycles. The van der Waals surface area contributed by atoms with Crippen molar-refractivity contribution in [3.8, 4) is 11.1 Å². The van der Waals surface area contributed by atoms with E-state index in [9.17, 15) is 4.39 Å². The molecule has 0 aliphatic heterocycles. The molecule has 1 N–H and O–H groups in total. The van der Waals surface area contributed by atoms with E-state index in [1.54, 1.807) is 12.3 Å². The average molecular weight is 266 g/mol. The van der Waals surface area contributed by atoms with Crippen LogP contribution in [0.15, 0.2) is 34.9 Å². The van der Waals surface area contributed by atoms with Crippen molar-refractivity contribution in [2.75, 3.05) is 0 Å². The highest BCUT2D eigenvalue weighted by Gasteiger charge is 2.21. The number of rotatable bonds is 4. The van der Waals surface area contributed by atoms with Crippen LogP contribution in [0.3, 0.4) is 0 Å². The minimum Gasteiger partial charge on any atom is -0.467 e. The van der Waals surface area contributed by atoms with Crippen molar-refractivity contribution in [3.05, 3.63) is 47.1 Å². The lowest BCUT2D eigenvalue weighted by Gasteiger charge is -2.06. The van der Waals surface area contributed by atoms with Gasteiger partial charge in [0, 0.05) is 17.2 Å². The van der Waals surface area contributed by atoms with Gasteiger partial charge in [-0.15, -0.1) is 0 Å². The molecule has 18 heavy (non-hydrogen) atoms. The molecule has 0 amide bonds. The Morgan fingerprint density at radius 2 is 2.11 bits per heavy atom. The Bertz CT molecular complexity index is 563. The minimum atomic E-state index is -0.329. The SMILES string of the molecule is Fc1ccc(-c2ccoc2CNC2CC2)c(Cl)c1. The summed E-state index contributed by atoms with van der Waals surface area (Å²) in [6.07, 6.45) is 4.10. The fraction of sp³-hybridized carbons (Fsp3) is 0.286. The molecule has 0 spiro atoms. The molecule has 94 valence electrons. The quantitative estimate of drug-likeness (QED) is 0.904. The van der Waals surface area contributed by atoms with Gasteiger partial charge < -0.3 is 9.73 Å². The Kier molecular flexibility index (Phi) is 3.10. The number of nitrogens with one attached hydrogen (secondary N) is 1. The first-order valence-corrected chi connectivity index (χ1v) is 6.37. The Labute approximate surface area is 110 Å². The first kappa shape index (κ1) is 11.8. The molecule has 4 heteroatoms. The van der Waals surface area contributed by atoms with Gasteiger partial charge >= 0.3 is 0 Å². The molecule has 1 aromatic carbocycles. The number of halogens is 2. The maximum Gasteiger partial charge on any atom is 0.125 e. The van der Waals surface area contributed by atoms with Gasteiger partial charge in [0.15, 0.2) is 0 Å². The zero-order valence-electron chi connectivity index (χ0n) is 9.75. The molecule has 0 atom stereocenters. The molecular weight excluding hydrogens is 253 g/mol. The van der Waals surface area contributed by atoms with E-state index in [0.29, 0.717) is 17.6 Å². The van der Waals surface area contributed by atoms with Gasteiger partial charge in [-0.05, 0) is 37.1 Å². The standard InChI is InChI=1S/C14H13ClFNO/c15-13-7-9(16)1-4-11(13)12-5-6-18-14(12)8-17-10-2-3-10/h1,4-7,10,17H,2-3,8H2. The van der Waals surface area contributed by atoms with E-state index in [4.69, 9.17) is 16.0 Å². The molecule has 1 fully saturated rings. The minimum absolute atomic E-state index is 0.329. The smallest absolute Gasteiger partial charge is 0.125 e. The van der Waals surface area contributed by atoms with Gasteiger partial charge in [-0.1, -0.05) is 11.6 Å². The highest BCUT2D eigenvalue weighted by Crippen LogP contribution is 2.32. The number of furan rings is 1. The van der Waals surface area contributed by atoms with Crippen LogP contribution >= 0.6 is 11.6 Å². The summed E-state index contributed by atoms with van der Waals surface area (Å²) in [5.74, 6) is 0.514. The third-order valence-corrected chi connectivity index (χ3v) is 3.41. The van der Waals surface area contributed by atoms with E-state index in [1.807, 2.05) is 6.07 Å². The van der Waals surface area contributed by atoms with Gasteiger partial charge in [0.25, 0.3) is 0 Å². The van der Waals surface area contributed by atoms with E-state index in [0.717, 1.165) is 16.9 Å². The van der Waals surface area contributed by atoms with Crippen LogP contribution in [-0.4, -0.2) is 6.04 Å². The van der Waals surface area contributed by atoms with Crippen molar-refractivity contribution < 1.29 is 8.81 Å². The van der Waals surface area contributed by atoms with Crippen LogP contribution in [0, 0.1) is 5.82 Å². The van der Waals surface area contributed by atoms with Crippen molar-refractivity contribution >= 4 is 11.6 Å². The van der Waals surface area contributed by atoms with Gasteiger partial charge in [-0.25, -0.2) is 4.39 Å². The Morgan fingerprint density at radius 3 is 2.83 bits per heavy atom. The van der Waals surface area contributed by atoms with Crippen LogP contribution in [0.4, 0.5) is 4.39 Å². The number of benzene rings is 1. The zero-order chi connectivity index (χ0) is 12.5. The van der Waals surface area contributed by atoms with Gasteiger partial charge in [0.05, 0.1) is 17.8 Å². The molecule has 0 saturated heterocycles. The predicted octanol–water partition coefficient (Wildman–Crippen LogP) is 3.99. The lowest BCUT2D eigenvalue weighted by Crippen LogP contribution is -2.15. The third-order valence-electron chi connectivity index (χ3n) is 3.10. The molecule has 3 rings (SSSR count). The normalized spacial score (nSPS) is 15.0. The molecule has 2 nitrogen and oxygen atoms in total. The second kappa shape index (κ2) is 4.75. The van der Waals surface area contributed by atoms with Gasteiger partial charge in [0.1, 0.15) is 11.6 Å². The van der Waals surface area contributed by atoms with Gasteiger partial charge in [-0.2, -0.15) is 0 Å². The second-order valence-corrected chi connectivity index (χ2v) is 4.94. The monoisotopic (exact) mass is 265 g/mol. The van der Waals surface area contributed by atoms with Crippen molar-refractivity contribution in [3.63, 3.8) is 0 Å². The van der Waals surface area contributed by atoms with E-state index >= 15 is 0 Å². The third kappa shape index (κ3) is 2.42. The predicted molar refractivity (Wildman–Crippen MR) is 69.0 cm³/mol. The first-order chi connectivity index (χ1) is 8.74. The van der Waals surface area contributed by atoms with Crippen molar-refractivity contribution in [1.82, 2.24) is 5.32 Å². The maximum atomic E-state index is 13.0. The van der Waals surface area contributed by atoms with Crippen LogP contribution < -0.4 is 5.32 Å². The summed E-state index contributed by atoms with van der Waals surface area (Å²) in [6.45, 7) is 0.681. The van der Waals surface area contributed by atoms with Crippen LogP contribution in [0.2, 0.25) is 5.02 Å². The highest BCUT2D eigenvalue weighted by molar-refractivity contribution is 6.33. The van der Waals surface area contributed by atoms with Crippen LogP contribution in [-0.2, 0) is 6.54 Å². The summed E-state index contributed by atoms with van der Waals surface area (Å²) >= 11 is 6.07. The summed E-state index contributed by atoms with van der Waals surface area (Å²) in [7, 11) is 0. The fourth-order valence-electron chi connectivity index (χ4n) is 1.95. The van der Waals surface area contributed by atoms with Crippen molar-refractivity contribution in [1.29, 1.82) is 0 Å². The van der Waals surface area contributed by atoms with E-state index < -0.39 is 0 Å². The fourth-order valence-corrected chi connectivity index (χ4v) is 2.22. The topological polar surface area (TPSA) is 25.2 Å². The Hall–Kier alpha value is -1.32. The summed E-state index contributed by atoms with van der Waals surface area (Å²) < 4.78 is 18.5. The first-order valence-electron chi connectivity index (χ1n) is 5.99. The average Bonchev–Trinajstić information content (AvgIpc) is 3.06. The van der Waals surface area contributed by atoms with Crippen LogP contribution in [0.5, 0.6) is 0 Å². The van der Waals surface area contributed by atoms with Crippen molar-refractivity contribution in [2.24, 2.45) is 0 Å². The molecule has 0 radical (unpaired) electrons. The van der Waals surface area contributed by atoms with E-state index in [2.05, 4.69) is 5.32 Å². The lowest BCUT2D eigenvalue weighted by atomic mass is 10.1. The van der Waals surface area contributed by atoms with E-state index in [-0.39, 0.29) is 5.82 Å². The van der Waals surface area contributed by atoms with Gasteiger partial charge in [-0.3, -0.25) is 0 Å². The highest BCUT2D eigenvalue weighted by atomic mass is 35.5. The van der Waals surface area contributed by atoms with E-state index in [1.165, 1.54) is 25.0 Å². The zero-order valence-corrected chi connectivity index (χ0v) is 10.5. The van der Waals surface area contributed by atoms with Crippen LogP contribution in [0.25, 0.3) is 11.1 Å². The number of hydrogen-bond donors (Lipinski definition) is 1. The molecule has 1 aromatic heterocycles.